The Morgan fingerprint density at radius 3 is 2.05 bits per heavy atom. The average Bonchev–Trinajstić information content (AvgIpc) is 2.32. The molecule has 0 N–H and O–H groups in total. The molecule has 0 bridgehead atoms. The van der Waals surface area contributed by atoms with E-state index >= 15 is 0 Å². The van der Waals surface area contributed by atoms with E-state index < -0.39 is 23.3 Å². The molecular weight excluding hydrogens is 316 g/mol. The summed E-state index contributed by atoms with van der Waals surface area (Å²) in [7, 11) is 0. The minimum absolute atomic E-state index is 0.150. The number of rotatable bonds is 4. The van der Waals surface area contributed by atoms with Crippen molar-refractivity contribution in [2.75, 3.05) is 0 Å². The van der Waals surface area contributed by atoms with Crippen LogP contribution in [0.15, 0.2) is 23.8 Å². The van der Waals surface area contributed by atoms with E-state index in [2.05, 4.69) is 0 Å². The first kappa shape index (κ1) is 16.7. The van der Waals surface area contributed by atoms with Gasteiger partial charge in [0.25, 0.3) is 5.78 Å². The van der Waals surface area contributed by atoms with Crippen LogP contribution in [0.25, 0.3) is 6.08 Å². The molecule has 20 heavy (non-hydrogen) atoms. The molecule has 0 saturated heterocycles. The first-order valence-electron chi connectivity index (χ1n) is 5.47. The molecule has 1 rings (SSSR count). The zero-order chi connectivity index (χ0) is 15.5. The van der Waals surface area contributed by atoms with Crippen molar-refractivity contribution in [2.45, 2.75) is 19.5 Å². The highest BCUT2D eigenvalue weighted by Gasteiger charge is 2.42. The zero-order valence-corrected chi connectivity index (χ0v) is 11.7. The fourth-order valence-electron chi connectivity index (χ4n) is 1.44. The lowest BCUT2D eigenvalue weighted by Gasteiger charge is -2.08. The van der Waals surface area contributed by atoms with Crippen LogP contribution < -0.4 is 0 Å². The number of hydrogen-bond donors (Lipinski definition) is 0. The molecule has 0 heterocycles. The Balaban J connectivity index is 3.33. The van der Waals surface area contributed by atoms with E-state index in [9.17, 15) is 22.8 Å². The molecule has 2 nitrogen and oxygen atoms in total. The van der Waals surface area contributed by atoms with Gasteiger partial charge in [0.1, 0.15) is 0 Å². The fourth-order valence-corrected chi connectivity index (χ4v) is 1.98. The predicted octanol–water partition coefficient (Wildman–Crippen LogP) is 4.49. The van der Waals surface area contributed by atoms with Crippen molar-refractivity contribution >= 4 is 40.8 Å². The normalized spacial score (nSPS) is 12.4. The second kappa shape index (κ2) is 6.41. The Morgan fingerprint density at radius 2 is 1.65 bits per heavy atom. The number of halogens is 5. The summed E-state index contributed by atoms with van der Waals surface area (Å²) in [6, 6.07) is 3.99. The number of carbonyl (C=O) groups is 2. The maximum absolute atomic E-state index is 12.5. The molecular formula is C13H9Cl2F3O2. The van der Waals surface area contributed by atoms with Gasteiger partial charge in [0.2, 0.25) is 0 Å². The summed E-state index contributed by atoms with van der Waals surface area (Å²) >= 11 is 11.4. The molecule has 0 unspecified atom stereocenters. The number of benzene rings is 1. The van der Waals surface area contributed by atoms with E-state index in [1.54, 1.807) is 0 Å². The van der Waals surface area contributed by atoms with Gasteiger partial charge in [0.15, 0.2) is 5.78 Å². The van der Waals surface area contributed by atoms with Crippen molar-refractivity contribution in [1.29, 1.82) is 0 Å². The van der Waals surface area contributed by atoms with E-state index in [0.717, 1.165) is 6.08 Å². The predicted molar refractivity (Wildman–Crippen MR) is 70.8 cm³/mol. The highest BCUT2D eigenvalue weighted by atomic mass is 35.5. The molecule has 0 aliphatic rings. The maximum Gasteiger partial charge on any atom is 0.455 e. The maximum atomic E-state index is 12.5. The van der Waals surface area contributed by atoms with Crippen LogP contribution in [0, 0.1) is 0 Å². The summed E-state index contributed by atoms with van der Waals surface area (Å²) in [4.78, 5) is 22.8. The highest BCUT2D eigenvalue weighted by molar-refractivity contribution is 6.35. The van der Waals surface area contributed by atoms with E-state index in [-0.39, 0.29) is 22.0 Å². The van der Waals surface area contributed by atoms with Gasteiger partial charge in [-0.15, -0.1) is 0 Å². The summed E-state index contributed by atoms with van der Waals surface area (Å²) in [6.45, 7) is 1.37. The smallest absolute Gasteiger partial charge is 0.294 e. The van der Waals surface area contributed by atoms with Gasteiger partial charge in [-0.25, -0.2) is 0 Å². The van der Waals surface area contributed by atoms with Crippen molar-refractivity contribution in [3.05, 3.63) is 39.4 Å². The first-order chi connectivity index (χ1) is 9.15. The summed E-state index contributed by atoms with van der Waals surface area (Å²) < 4.78 is 37.4. The van der Waals surface area contributed by atoms with Gasteiger partial charge in [0.05, 0.1) is 5.57 Å². The van der Waals surface area contributed by atoms with Gasteiger partial charge >= 0.3 is 6.18 Å². The minimum atomic E-state index is -5.11. The van der Waals surface area contributed by atoms with Crippen LogP contribution in [0.1, 0.15) is 18.9 Å². The van der Waals surface area contributed by atoms with Gasteiger partial charge in [-0.3, -0.25) is 9.59 Å². The molecule has 0 aliphatic heterocycles. The average molecular weight is 325 g/mol. The third-order valence-electron chi connectivity index (χ3n) is 2.32. The molecule has 0 radical (unpaired) electrons. The van der Waals surface area contributed by atoms with E-state index in [1.807, 2.05) is 0 Å². The molecule has 0 atom stereocenters. The summed E-state index contributed by atoms with van der Waals surface area (Å²) in [6.07, 6.45) is -4.49. The third kappa shape index (κ3) is 4.35. The van der Waals surface area contributed by atoms with Crippen LogP contribution in [0.2, 0.25) is 10.0 Å². The molecule has 0 saturated carbocycles. The number of carbonyl (C=O) groups excluding carboxylic acids is 2. The van der Waals surface area contributed by atoms with E-state index in [4.69, 9.17) is 23.2 Å². The van der Waals surface area contributed by atoms with Crippen molar-refractivity contribution in [1.82, 2.24) is 0 Å². The van der Waals surface area contributed by atoms with Gasteiger partial charge in [-0.2, -0.15) is 13.2 Å². The van der Waals surface area contributed by atoms with E-state index in [1.165, 1.54) is 25.1 Å². The van der Waals surface area contributed by atoms with Crippen LogP contribution in [-0.4, -0.2) is 17.7 Å². The van der Waals surface area contributed by atoms with E-state index in [0.29, 0.717) is 0 Å². The lowest BCUT2D eigenvalue weighted by atomic mass is 10.0. The number of allylic oxidation sites excluding steroid dienone is 1. The second-order valence-electron chi connectivity index (χ2n) is 3.86. The topological polar surface area (TPSA) is 34.1 Å². The van der Waals surface area contributed by atoms with Crippen molar-refractivity contribution in [3.8, 4) is 0 Å². The molecule has 0 aromatic heterocycles. The molecule has 0 spiro atoms. The number of ketones is 2. The minimum Gasteiger partial charge on any atom is -0.294 e. The Hall–Kier alpha value is -1.33. The Bertz CT molecular complexity index is 557. The van der Waals surface area contributed by atoms with Gasteiger partial charge in [-0.1, -0.05) is 30.1 Å². The molecule has 108 valence electrons. The standard InChI is InChI=1S/C13H9Cl2F3O2/c1-2-11(19)10(12(20)13(16,17)18)5-7-3-8(14)6-9(15)4-7/h3-6H,2H2,1H3/b10-5+. The molecule has 0 aliphatic carbocycles. The lowest BCUT2D eigenvalue weighted by Crippen LogP contribution is -2.28. The number of alkyl halides is 3. The van der Waals surface area contributed by atoms with Crippen LogP contribution in [0.3, 0.4) is 0 Å². The van der Waals surface area contributed by atoms with Crippen LogP contribution in [0.4, 0.5) is 13.2 Å². The zero-order valence-electron chi connectivity index (χ0n) is 10.2. The summed E-state index contributed by atoms with van der Waals surface area (Å²) in [5.74, 6) is -3.08. The third-order valence-corrected chi connectivity index (χ3v) is 2.76. The molecule has 7 heteroatoms. The SMILES string of the molecule is CCC(=O)/C(=C\c1cc(Cl)cc(Cl)c1)C(=O)C(F)(F)F. The molecule has 0 amide bonds. The Kier molecular flexibility index (Phi) is 5.36. The van der Waals surface area contributed by atoms with Gasteiger partial charge < -0.3 is 0 Å². The van der Waals surface area contributed by atoms with Gasteiger partial charge in [-0.05, 0) is 29.8 Å². The Morgan fingerprint density at radius 1 is 1.15 bits per heavy atom. The largest absolute Gasteiger partial charge is 0.455 e. The summed E-state index contributed by atoms with van der Waals surface area (Å²) in [5.41, 5.74) is -0.782. The van der Waals surface area contributed by atoms with Gasteiger partial charge in [0, 0.05) is 16.5 Å². The Labute approximate surface area is 123 Å². The second-order valence-corrected chi connectivity index (χ2v) is 4.74. The number of hydrogen-bond acceptors (Lipinski definition) is 2. The van der Waals surface area contributed by atoms with Crippen molar-refractivity contribution in [3.63, 3.8) is 0 Å². The van der Waals surface area contributed by atoms with Crippen LogP contribution >= 0.6 is 23.2 Å². The van der Waals surface area contributed by atoms with Crippen molar-refractivity contribution < 1.29 is 22.8 Å². The van der Waals surface area contributed by atoms with Crippen molar-refractivity contribution in [2.24, 2.45) is 0 Å². The molecule has 1 aromatic carbocycles. The number of Topliss-reactive ketones (excluding diaryl/α,β-unsaturated/α-hetero) is 2. The molecule has 0 fully saturated rings. The first-order valence-corrected chi connectivity index (χ1v) is 6.23. The lowest BCUT2D eigenvalue weighted by molar-refractivity contribution is -0.167. The highest BCUT2D eigenvalue weighted by Crippen LogP contribution is 2.25. The quantitative estimate of drug-likeness (QED) is 0.464. The van der Waals surface area contributed by atoms with Crippen LogP contribution in [0.5, 0.6) is 0 Å². The monoisotopic (exact) mass is 324 g/mol. The molecule has 1 aromatic rings. The fraction of sp³-hybridized carbons (Fsp3) is 0.231. The summed E-state index contributed by atoms with van der Waals surface area (Å²) in [5, 5.41) is 0.373. The van der Waals surface area contributed by atoms with Crippen LogP contribution in [-0.2, 0) is 9.59 Å².